The van der Waals surface area contributed by atoms with Crippen LogP contribution in [0.25, 0.3) is 0 Å². The first-order valence-electron chi connectivity index (χ1n) is 3.37. The molecule has 1 aliphatic heterocycles. The third-order valence-electron chi connectivity index (χ3n) is 1.50. The highest BCUT2D eigenvalue weighted by atomic mass is 35.5. The Kier molecular flexibility index (Phi) is 2.03. The molecule has 0 N–H and O–H groups in total. The monoisotopic (exact) mass is 203 g/mol. The molecule has 63 valence electrons. The lowest BCUT2D eigenvalue weighted by atomic mass is 10.3. The first kappa shape index (κ1) is 8.02. The van der Waals surface area contributed by atoms with Crippen LogP contribution in [0.3, 0.4) is 0 Å². The van der Waals surface area contributed by atoms with Crippen LogP contribution in [0, 0.1) is 6.61 Å². The van der Waals surface area contributed by atoms with E-state index in [1.807, 2.05) is 0 Å². The molecule has 4 heteroatoms. The van der Waals surface area contributed by atoms with Crippen LogP contribution in [0.2, 0.25) is 10.0 Å². The van der Waals surface area contributed by atoms with E-state index in [1.54, 1.807) is 18.7 Å². The van der Waals surface area contributed by atoms with Gasteiger partial charge < -0.3 is 9.47 Å². The Hall–Kier alpha value is -0.600. The van der Waals surface area contributed by atoms with Crippen molar-refractivity contribution in [2.75, 3.05) is 6.61 Å². The van der Waals surface area contributed by atoms with E-state index >= 15 is 0 Å². The summed E-state index contributed by atoms with van der Waals surface area (Å²) >= 11 is 11.5. The van der Waals surface area contributed by atoms with Crippen molar-refractivity contribution >= 4 is 23.2 Å². The van der Waals surface area contributed by atoms with Gasteiger partial charge in [-0.3, -0.25) is 0 Å². The highest BCUT2D eigenvalue weighted by Gasteiger charge is 2.14. The van der Waals surface area contributed by atoms with Crippen LogP contribution in [-0.4, -0.2) is 6.61 Å². The molecule has 12 heavy (non-hydrogen) atoms. The Morgan fingerprint density at radius 3 is 2.50 bits per heavy atom. The van der Waals surface area contributed by atoms with E-state index in [9.17, 15) is 0 Å². The molecule has 0 spiro atoms. The number of benzene rings is 1. The number of ether oxygens (including phenoxy) is 2. The lowest BCUT2D eigenvalue weighted by molar-refractivity contribution is 0.224. The molecule has 0 atom stereocenters. The van der Waals surface area contributed by atoms with Gasteiger partial charge in [0.2, 0.25) is 0 Å². The first-order chi connectivity index (χ1) is 5.77. The second-order valence-electron chi connectivity index (χ2n) is 2.31. The van der Waals surface area contributed by atoms with Gasteiger partial charge >= 0.3 is 0 Å². The van der Waals surface area contributed by atoms with Gasteiger partial charge in [-0.05, 0) is 0 Å². The fourth-order valence-corrected chi connectivity index (χ4v) is 1.27. The van der Waals surface area contributed by atoms with Gasteiger partial charge in [0, 0.05) is 12.1 Å². The summed E-state index contributed by atoms with van der Waals surface area (Å²) < 4.78 is 10.4. The normalized spacial score (nSPS) is 14.5. The maximum absolute atomic E-state index is 5.77. The van der Waals surface area contributed by atoms with Gasteiger partial charge in [-0.25, -0.2) is 0 Å². The molecule has 1 radical (unpaired) electrons. The number of halogens is 2. The van der Waals surface area contributed by atoms with Crippen LogP contribution >= 0.6 is 23.2 Å². The lowest BCUT2D eigenvalue weighted by Gasteiger charge is -2.17. The Morgan fingerprint density at radius 1 is 1.08 bits per heavy atom. The second kappa shape index (κ2) is 3.04. The summed E-state index contributed by atoms with van der Waals surface area (Å²) in [6.45, 7) is 2.00. The van der Waals surface area contributed by atoms with Crippen LogP contribution in [0.5, 0.6) is 11.5 Å². The van der Waals surface area contributed by atoms with Crippen molar-refractivity contribution in [3.8, 4) is 11.5 Å². The summed E-state index contributed by atoms with van der Waals surface area (Å²) in [4.78, 5) is 0. The highest BCUT2D eigenvalue weighted by Crippen LogP contribution is 2.37. The molecule has 0 unspecified atom stereocenters. The molecule has 0 bridgehead atoms. The third kappa shape index (κ3) is 1.32. The predicted molar refractivity (Wildman–Crippen MR) is 46.9 cm³/mol. The van der Waals surface area contributed by atoms with Gasteiger partial charge in [0.15, 0.2) is 18.1 Å². The molecule has 0 aliphatic carbocycles. The van der Waals surface area contributed by atoms with Crippen molar-refractivity contribution in [1.29, 1.82) is 0 Å². The SMILES string of the molecule is Clc1cc2c(cc1Cl)OC[CH]O2. The average molecular weight is 204 g/mol. The molecule has 0 saturated heterocycles. The molecule has 0 amide bonds. The summed E-state index contributed by atoms with van der Waals surface area (Å²) in [7, 11) is 0. The molecule has 2 nitrogen and oxygen atoms in total. The third-order valence-corrected chi connectivity index (χ3v) is 2.23. The Labute approximate surface area is 80.0 Å². The highest BCUT2D eigenvalue weighted by molar-refractivity contribution is 6.42. The summed E-state index contributed by atoms with van der Waals surface area (Å²) in [6.07, 6.45) is 0. The smallest absolute Gasteiger partial charge is 0.173 e. The molecular weight excluding hydrogens is 199 g/mol. The summed E-state index contributed by atoms with van der Waals surface area (Å²) in [5.41, 5.74) is 0. The number of hydrogen-bond acceptors (Lipinski definition) is 2. The summed E-state index contributed by atoms with van der Waals surface area (Å²) in [5.74, 6) is 1.24. The maximum atomic E-state index is 5.77. The Bertz CT molecular complexity index is 281. The van der Waals surface area contributed by atoms with Crippen molar-refractivity contribution in [3.05, 3.63) is 28.8 Å². The lowest BCUT2D eigenvalue weighted by Crippen LogP contribution is -2.09. The minimum Gasteiger partial charge on any atom is -0.486 e. The molecular formula is C8H5Cl2O2. The van der Waals surface area contributed by atoms with Gasteiger partial charge in [-0.2, -0.15) is 0 Å². The van der Waals surface area contributed by atoms with Gasteiger partial charge in [0.05, 0.1) is 10.0 Å². The topological polar surface area (TPSA) is 18.5 Å². The van der Waals surface area contributed by atoms with Crippen molar-refractivity contribution in [3.63, 3.8) is 0 Å². The molecule has 1 heterocycles. The van der Waals surface area contributed by atoms with Crippen LogP contribution in [0.4, 0.5) is 0 Å². The van der Waals surface area contributed by atoms with E-state index < -0.39 is 0 Å². The quantitative estimate of drug-likeness (QED) is 0.646. The van der Waals surface area contributed by atoms with E-state index in [1.165, 1.54) is 0 Å². The van der Waals surface area contributed by atoms with E-state index in [-0.39, 0.29) is 0 Å². The van der Waals surface area contributed by atoms with Crippen molar-refractivity contribution in [1.82, 2.24) is 0 Å². The zero-order valence-corrected chi connectivity index (χ0v) is 7.52. The molecule has 0 fully saturated rings. The molecule has 1 aromatic carbocycles. The molecule has 1 aliphatic rings. The van der Waals surface area contributed by atoms with Gasteiger partial charge in [-0.1, -0.05) is 23.2 Å². The van der Waals surface area contributed by atoms with Crippen LogP contribution < -0.4 is 9.47 Å². The first-order valence-corrected chi connectivity index (χ1v) is 4.13. The fraction of sp³-hybridized carbons (Fsp3) is 0.125. The zero-order valence-electron chi connectivity index (χ0n) is 6.01. The predicted octanol–water partition coefficient (Wildman–Crippen LogP) is 2.93. The fourth-order valence-electron chi connectivity index (χ4n) is 0.963. The average Bonchev–Trinajstić information content (AvgIpc) is 2.07. The van der Waals surface area contributed by atoms with Gasteiger partial charge in [0.25, 0.3) is 0 Å². The minimum atomic E-state index is 0.435. The second-order valence-corrected chi connectivity index (χ2v) is 3.12. The van der Waals surface area contributed by atoms with Crippen LogP contribution in [0.15, 0.2) is 12.1 Å². The van der Waals surface area contributed by atoms with E-state index in [0.29, 0.717) is 28.2 Å². The standard InChI is InChI=1S/C8H5Cl2O2/c9-5-3-7-8(4-6(5)10)12-2-1-11-7/h1,3-4H,2H2. The number of rotatable bonds is 0. The van der Waals surface area contributed by atoms with Crippen molar-refractivity contribution < 1.29 is 9.47 Å². The van der Waals surface area contributed by atoms with E-state index in [2.05, 4.69) is 0 Å². The van der Waals surface area contributed by atoms with Crippen LogP contribution in [0.1, 0.15) is 0 Å². The molecule has 0 aromatic heterocycles. The van der Waals surface area contributed by atoms with Gasteiger partial charge in [-0.15, -0.1) is 0 Å². The maximum Gasteiger partial charge on any atom is 0.173 e. The minimum absolute atomic E-state index is 0.435. The molecule has 0 saturated carbocycles. The zero-order chi connectivity index (χ0) is 8.55. The largest absolute Gasteiger partial charge is 0.486 e. The Morgan fingerprint density at radius 2 is 1.75 bits per heavy atom. The van der Waals surface area contributed by atoms with E-state index in [0.717, 1.165) is 0 Å². The molecule has 1 aromatic rings. The van der Waals surface area contributed by atoms with Crippen LogP contribution in [-0.2, 0) is 0 Å². The Balaban J connectivity index is 2.49. The number of fused-ring (bicyclic) bond motifs is 1. The van der Waals surface area contributed by atoms with Gasteiger partial charge in [0.1, 0.15) is 6.61 Å². The van der Waals surface area contributed by atoms with Crippen molar-refractivity contribution in [2.45, 2.75) is 0 Å². The summed E-state index contributed by atoms with van der Waals surface area (Å²) in [5, 5.41) is 0.940. The van der Waals surface area contributed by atoms with E-state index in [4.69, 9.17) is 32.7 Å². The molecule has 2 rings (SSSR count). The summed E-state index contributed by atoms with van der Waals surface area (Å²) in [6, 6.07) is 3.28. The number of hydrogen-bond donors (Lipinski definition) is 0. The van der Waals surface area contributed by atoms with Crippen molar-refractivity contribution in [2.24, 2.45) is 0 Å².